The topological polar surface area (TPSA) is 42.2 Å². The van der Waals surface area contributed by atoms with Crippen LogP contribution in [-0.2, 0) is 0 Å². The van der Waals surface area contributed by atoms with E-state index < -0.39 is 0 Å². The zero-order valence-corrected chi connectivity index (χ0v) is 11.7. The number of anilines is 1. The van der Waals surface area contributed by atoms with Crippen molar-refractivity contribution in [2.24, 2.45) is 0 Å². The molecule has 0 radical (unpaired) electrons. The average molecular weight is 283 g/mol. The van der Waals surface area contributed by atoms with Gasteiger partial charge in [-0.05, 0) is 36.4 Å². The molecule has 2 aromatic carbocycles. The summed E-state index contributed by atoms with van der Waals surface area (Å²) in [4.78, 5) is 6.26. The van der Waals surface area contributed by atoms with E-state index in [-0.39, 0.29) is 11.7 Å². The second-order valence-electron chi connectivity index (χ2n) is 4.84. The van der Waals surface area contributed by atoms with Crippen molar-refractivity contribution in [3.8, 4) is 22.8 Å². The van der Waals surface area contributed by atoms with Crippen LogP contribution in [0.5, 0.6) is 0 Å². The molecule has 3 aromatic rings. The number of hydrogen-bond donors (Lipinski definition) is 0. The van der Waals surface area contributed by atoms with Crippen LogP contribution < -0.4 is 4.90 Å². The van der Waals surface area contributed by atoms with Gasteiger partial charge in [-0.1, -0.05) is 17.3 Å². The molecule has 21 heavy (non-hydrogen) atoms. The van der Waals surface area contributed by atoms with Crippen LogP contribution in [0, 0.1) is 5.82 Å². The van der Waals surface area contributed by atoms with Crippen LogP contribution in [0.3, 0.4) is 0 Å². The summed E-state index contributed by atoms with van der Waals surface area (Å²) in [6.07, 6.45) is 0. The first-order chi connectivity index (χ1) is 10.1. The highest BCUT2D eigenvalue weighted by Gasteiger charge is 2.13. The normalized spacial score (nSPS) is 10.6. The van der Waals surface area contributed by atoms with Crippen molar-refractivity contribution in [3.05, 3.63) is 54.3 Å². The largest absolute Gasteiger partial charge is 0.378 e. The van der Waals surface area contributed by atoms with Crippen molar-refractivity contribution < 1.29 is 8.91 Å². The third-order valence-corrected chi connectivity index (χ3v) is 3.17. The second-order valence-corrected chi connectivity index (χ2v) is 4.84. The number of benzene rings is 2. The molecule has 0 amide bonds. The molecule has 0 bridgehead atoms. The molecule has 0 aliphatic heterocycles. The molecular weight excluding hydrogens is 269 g/mol. The molecule has 0 saturated heterocycles. The minimum absolute atomic E-state index is 0.180. The van der Waals surface area contributed by atoms with Crippen LogP contribution in [0.4, 0.5) is 10.1 Å². The first-order valence-corrected chi connectivity index (χ1v) is 6.51. The lowest BCUT2D eigenvalue weighted by Crippen LogP contribution is -2.07. The number of rotatable bonds is 3. The molecular formula is C16H14FN3O. The zero-order valence-electron chi connectivity index (χ0n) is 11.7. The summed E-state index contributed by atoms with van der Waals surface area (Å²) >= 11 is 0. The number of aromatic nitrogens is 2. The van der Waals surface area contributed by atoms with Crippen molar-refractivity contribution in [3.63, 3.8) is 0 Å². The molecule has 4 nitrogen and oxygen atoms in total. The Morgan fingerprint density at radius 1 is 1.00 bits per heavy atom. The molecule has 1 aromatic heterocycles. The Labute approximate surface area is 121 Å². The quantitative estimate of drug-likeness (QED) is 0.736. The third kappa shape index (κ3) is 2.63. The minimum Gasteiger partial charge on any atom is -0.378 e. The smallest absolute Gasteiger partial charge is 0.261 e. The Bertz CT molecular complexity index is 750. The van der Waals surface area contributed by atoms with Gasteiger partial charge in [0.15, 0.2) is 0 Å². The molecule has 0 aliphatic rings. The predicted octanol–water partition coefficient (Wildman–Crippen LogP) is 3.61. The van der Waals surface area contributed by atoms with Gasteiger partial charge < -0.3 is 9.42 Å². The van der Waals surface area contributed by atoms with Gasteiger partial charge in [-0.2, -0.15) is 4.98 Å². The summed E-state index contributed by atoms with van der Waals surface area (Å²) in [7, 11) is 3.94. The van der Waals surface area contributed by atoms with Crippen molar-refractivity contribution in [2.45, 2.75) is 0 Å². The van der Waals surface area contributed by atoms with E-state index >= 15 is 0 Å². The van der Waals surface area contributed by atoms with E-state index in [0.29, 0.717) is 11.4 Å². The Morgan fingerprint density at radius 3 is 2.38 bits per heavy atom. The summed E-state index contributed by atoms with van der Waals surface area (Å²) in [5, 5.41) is 3.91. The number of nitrogens with zero attached hydrogens (tertiary/aromatic N) is 3. The first kappa shape index (κ1) is 13.3. The summed E-state index contributed by atoms with van der Waals surface area (Å²) in [6, 6.07) is 14.1. The lowest BCUT2D eigenvalue weighted by molar-refractivity contribution is 0.429. The highest BCUT2D eigenvalue weighted by atomic mass is 19.1. The molecule has 5 heteroatoms. The summed E-state index contributed by atoms with van der Waals surface area (Å²) in [6.45, 7) is 0. The maximum Gasteiger partial charge on any atom is 0.261 e. The fraction of sp³-hybridized carbons (Fsp3) is 0.125. The Hall–Kier alpha value is -2.69. The van der Waals surface area contributed by atoms with Crippen LogP contribution >= 0.6 is 0 Å². The third-order valence-electron chi connectivity index (χ3n) is 3.17. The van der Waals surface area contributed by atoms with Crippen molar-refractivity contribution in [1.29, 1.82) is 0 Å². The Kier molecular flexibility index (Phi) is 3.39. The molecule has 0 fully saturated rings. The average Bonchev–Trinajstić information content (AvgIpc) is 2.97. The van der Waals surface area contributed by atoms with Gasteiger partial charge in [-0.3, -0.25) is 0 Å². The van der Waals surface area contributed by atoms with Gasteiger partial charge >= 0.3 is 0 Å². The fourth-order valence-corrected chi connectivity index (χ4v) is 1.99. The van der Waals surface area contributed by atoms with Gasteiger partial charge in [-0.15, -0.1) is 0 Å². The molecule has 106 valence electrons. The molecule has 0 spiro atoms. The highest BCUT2D eigenvalue weighted by Crippen LogP contribution is 2.25. The van der Waals surface area contributed by atoms with Crippen LogP contribution in [0.2, 0.25) is 0 Å². The van der Waals surface area contributed by atoms with Crippen LogP contribution in [0.15, 0.2) is 53.1 Å². The van der Waals surface area contributed by atoms with Gasteiger partial charge in [0.25, 0.3) is 5.89 Å². The molecule has 0 N–H and O–H groups in total. The Balaban J connectivity index is 1.93. The number of halogens is 1. The lowest BCUT2D eigenvalue weighted by atomic mass is 10.2. The number of hydrogen-bond acceptors (Lipinski definition) is 4. The maximum atomic E-state index is 13.7. The van der Waals surface area contributed by atoms with E-state index in [9.17, 15) is 4.39 Å². The minimum atomic E-state index is -0.379. The molecule has 1 heterocycles. The van der Waals surface area contributed by atoms with E-state index in [4.69, 9.17) is 4.52 Å². The van der Waals surface area contributed by atoms with Crippen LogP contribution in [0.25, 0.3) is 22.8 Å². The van der Waals surface area contributed by atoms with E-state index in [1.807, 2.05) is 43.3 Å². The SMILES string of the molecule is CN(C)c1ccc(-c2noc(-c3ccccc3F)n2)cc1. The maximum absolute atomic E-state index is 13.7. The van der Waals surface area contributed by atoms with Crippen molar-refractivity contribution >= 4 is 5.69 Å². The van der Waals surface area contributed by atoms with Crippen molar-refractivity contribution in [2.75, 3.05) is 19.0 Å². The fourth-order valence-electron chi connectivity index (χ4n) is 1.99. The summed E-state index contributed by atoms with van der Waals surface area (Å²) in [5.74, 6) is 0.244. The van der Waals surface area contributed by atoms with E-state index in [1.165, 1.54) is 6.07 Å². The first-order valence-electron chi connectivity index (χ1n) is 6.51. The van der Waals surface area contributed by atoms with E-state index in [1.54, 1.807) is 18.2 Å². The highest BCUT2D eigenvalue weighted by molar-refractivity contribution is 5.62. The Morgan fingerprint density at radius 2 is 1.71 bits per heavy atom. The summed E-state index contributed by atoms with van der Waals surface area (Å²) < 4.78 is 18.8. The molecule has 3 rings (SSSR count). The van der Waals surface area contributed by atoms with Gasteiger partial charge in [0.2, 0.25) is 5.82 Å². The van der Waals surface area contributed by atoms with E-state index in [2.05, 4.69) is 10.1 Å². The van der Waals surface area contributed by atoms with Crippen molar-refractivity contribution in [1.82, 2.24) is 10.1 Å². The van der Waals surface area contributed by atoms with Gasteiger partial charge in [0.05, 0.1) is 5.56 Å². The molecule has 0 saturated carbocycles. The van der Waals surface area contributed by atoms with E-state index in [0.717, 1.165) is 11.3 Å². The van der Waals surface area contributed by atoms with Crippen LogP contribution in [0.1, 0.15) is 0 Å². The molecule has 0 atom stereocenters. The molecule has 0 unspecified atom stereocenters. The summed E-state index contributed by atoms with van der Waals surface area (Å²) in [5.41, 5.74) is 2.21. The standard InChI is InChI=1S/C16H14FN3O/c1-20(2)12-9-7-11(8-10-12)15-18-16(21-19-15)13-5-3-4-6-14(13)17/h3-10H,1-2H3. The van der Waals surface area contributed by atoms with Gasteiger partial charge in [0.1, 0.15) is 5.82 Å². The van der Waals surface area contributed by atoms with Crippen LogP contribution in [-0.4, -0.2) is 24.2 Å². The van der Waals surface area contributed by atoms with Gasteiger partial charge in [0, 0.05) is 25.3 Å². The monoisotopic (exact) mass is 283 g/mol. The zero-order chi connectivity index (χ0) is 14.8. The lowest BCUT2D eigenvalue weighted by Gasteiger charge is -2.11. The van der Waals surface area contributed by atoms with Gasteiger partial charge in [-0.25, -0.2) is 4.39 Å². The second kappa shape index (κ2) is 5.36. The predicted molar refractivity (Wildman–Crippen MR) is 79.5 cm³/mol. The molecule has 0 aliphatic carbocycles.